The van der Waals surface area contributed by atoms with Gasteiger partial charge in [0, 0.05) is 38.5 Å². The van der Waals surface area contributed by atoms with E-state index in [0.29, 0.717) is 0 Å². The molecule has 1 heterocycles. The van der Waals surface area contributed by atoms with E-state index >= 15 is 0 Å². The van der Waals surface area contributed by atoms with Crippen LogP contribution in [0.2, 0.25) is 0 Å². The first-order valence-electron chi connectivity index (χ1n) is 21.9. The maximum Gasteiger partial charge on any atom is 0.0543 e. The van der Waals surface area contributed by atoms with Gasteiger partial charge in [0.1, 0.15) is 0 Å². The zero-order valence-corrected chi connectivity index (χ0v) is 35.5. The molecule has 0 saturated carbocycles. The van der Waals surface area contributed by atoms with E-state index in [2.05, 4.69) is 243 Å². The van der Waals surface area contributed by atoms with Crippen molar-refractivity contribution in [2.24, 2.45) is 0 Å². The third-order valence-corrected chi connectivity index (χ3v) is 14.0. The van der Waals surface area contributed by atoms with Crippen LogP contribution in [-0.2, 0) is 10.8 Å². The molecule has 62 heavy (non-hydrogen) atoms. The van der Waals surface area contributed by atoms with Gasteiger partial charge in [0.2, 0.25) is 0 Å². The standard InChI is InChI=1S/C60H46N2/c1-59(2)51-28-14-12-25-47(51)57-52(59)29-17-30-55(57)62(56-31-16-26-46-45-24-11-13-27-50(45)60(3,4)58(46)56)44-23-15-22-43(38-44)61-53-34-32-41(39-18-7-5-8-19-39)36-48(53)49-37-42(33-35-54(49)61)40-20-9-6-10-21-40/h5-38H,1-4H3. The maximum absolute atomic E-state index is 2.57. The fourth-order valence-electron chi connectivity index (χ4n) is 11.0. The van der Waals surface area contributed by atoms with Gasteiger partial charge in [-0.3, -0.25) is 0 Å². The summed E-state index contributed by atoms with van der Waals surface area (Å²) in [5, 5.41) is 2.48. The monoisotopic (exact) mass is 794 g/mol. The summed E-state index contributed by atoms with van der Waals surface area (Å²) in [5.74, 6) is 0. The summed E-state index contributed by atoms with van der Waals surface area (Å²) in [5.41, 5.74) is 22.2. The SMILES string of the molecule is CC1(C)c2ccccc2-c2c(N(c3cccc(-n4c5ccc(-c6ccccc6)cc5c5cc(-c6ccccc6)ccc54)c3)c3cccc4c3C(C)(C)c3ccccc3-4)cccc21. The van der Waals surface area contributed by atoms with Crippen LogP contribution in [0.1, 0.15) is 49.9 Å². The van der Waals surface area contributed by atoms with Gasteiger partial charge < -0.3 is 9.47 Å². The van der Waals surface area contributed by atoms with Crippen molar-refractivity contribution in [2.75, 3.05) is 4.90 Å². The summed E-state index contributed by atoms with van der Waals surface area (Å²) in [7, 11) is 0. The summed E-state index contributed by atoms with van der Waals surface area (Å²) in [6, 6.07) is 76.5. The van der Waals surface area contributed by atoms with Crippen LogP contribution >= 0.6 is 0 Å². The van der Waals surface area contributed by atoms with Crippen LogP contribution < -0.4 is 4.90 Å². The second-order valence-corrected chi connectivity index (χ2v) is 18.1. The molecule has 0 unspecified atom stereocenters. The minimum Gasteiger partial charge on any atom is -0.309 e. The molecular formula is C60H46N2. The van der Waals surface area contributed by atoms with Gasteiger partial charge in [-0.2, -0.15) is 0 Å². The van der Waals surface area contributed by atoms with E-state index in [-0.39, 0.29) is 10.8 Å². The third kappa shape index (κ3) is 5.29. The van der Waals surface area contributed by atoms with Crippen LogP contribution in [0, 0.1) is 0 Å². The zero-order valence-electron chi connectivity index (χ0n) is 35.5. The largest absolute Gasteiger partial charge is 0.309 e. The molecule has 0 aliphatic heterocycles. The summed E-state index contributed by atoms with van der Waals surface area (Å²) >= 11 is 0. The first-order chi connectivity index (χ1) is 30.3. The molecule has 9 aromatic carbocycles. The maximum atomic E-state index is 2.57. The number of hydrogen-bond donors (Lipinski definition) is 0. The van der Waals surface area contributed by atoms with E-state index in [1.165, 1.54) is 99.9 Å². The Morgan fingerprint density at radius 1 is 0.371 bits per heavy atom. The van der Waals surface area contributed by atoms with E-state index in [4.69, 9.17) is 0 Å². The number of fused-ring (bicyclic) bond motifs is 9. The van der Waals surface area contributed by atoms with Crippen LogP contribution in [0.25, 0.3) is 72.0 Å². The molecule has 0 N–H and O–H groups in total. The topological polar surface area (TPSA) is 8.17 Å². The first kappa shape index (κ1) is 36.4. The van der Waals surface area contributed by atoms with Crippen molar-refractivity contribution in [1.29, 1.82) is 0 Å². The van der Waals surface area contributed by atoms with Crippen molar-refractivity contribution in [2.45, 2.75) is 38.5 Å². The molecule has 0 amide bonds. The lowest BCUT2D eigenvalue weighted by atomic mass is 9.81. The van der Waals surface area contributed by atoms with E-state index in [0.717, 1.165) is 11.4 Å². The van der Waals surface area contributed by atoms with Crippen molar-refractivity contribution in [3.8, 4) is 50.2 Å². The van der Waals surface area contributed by atoms with Gasteiger partial charge >= 0.3 is 0 Å². The van der Waals surface area contributed by atoms with Gasteiger partial charge in [-0.05, 0) is 116 Å². The zero-order chi connectivity index (χ0) is 41.7. The van der Waals surface area contributed by atoms with Gasteiger partial charge in [0.15, 0.2) is 0 Å². The van der Waals surface area contributed by atoms with Crippen LogP contribution in [0.3, 0.4) is 0 Å². The normalized spacial score (nSPS) is 14.1. The molecule has 0 fully saturated rings. The highest BCUT2D eigenvalue weighted by Crippen LogP contribution is 2.58. The molecule has 0 spiro atoms. The summed E-state index contributed by atoms with van der Waals surface area (Å²) in [4.78, 5) is 2.57. The second-order valence-electron chi connectivity index (χ2n) is 18.1. The van der Waals surface area contributed by atoms with Crippen LogP contribution in [0.5, 0.6) is 0 Å². The quantitative estimate of drug-likeness (QED) is 0.163. The molecule has 1 aromatic heterocycles. The molecule has 0 atom stereocenters. The van der Waals surface area contributed by atoms with Gasteiger partial charge in [0.25, 0.3) is 0 Å². The van der Waals surface area contributed by atoms with Crippen LogP contribution in [-0.4, -0.2) is 4.57 Å². The number of aromatic nitrogens is 1. The highest BCUT2D eigenvalue weighted by atomic mass is 15.2. The average Bonchev–Trinajstić information content (AvgIpc) is 3.86. The number of anilines is 3. The van der Waals surface area contributed by atoms with Crippen molar-refractivity contribution < 1.29 is 0 Å². The van der Waals surface area contributed by atoms with Crippen molar-refractivity contribution in [1.82, 2.24) is 4.57 Å². The van der Waals surface area contributed by atoms with E-state index in [9.17, 15) is 0 Å². The lowest BCUT2D eigenvalue weighted by Gasteiger charge is -2.34. The highest BCUT2D eigenvalue weighted by molar-refractivity contribution is 6.12. The summed E-state index contributed by atoms with van der Waals surface area (Å²) in [6.45, 7) is 9.55. The van der Waals surface area contributed by atoms with Crippen molar-refractivity contribution in [3.63, 3.8) is 0 Å². The van der Waals surface area contributed by atoms with Gasteiger partial charge in [-0.15, -0.1) is 0 Å². The molecular weight excluding hydrogens is 749 g/mol. The lowest BCUT2D eigenvalue weighted by molar-refractivity contribution is 0.659. The van der Waals surface area contributed by atoms with E-state index < -0.39 is 0 Å². The Bertz CT molecular complexity index is 3310. The van der Waals surface area contributed by atoms with E-state index in [1.54, 1.807) is 0 Å². The molecule has 0 bridgehead atoms. The fraction of sp³-hybridized carbons (Fsp3) is 0.100. The molecule has 2 aliphatic rings. The number of benzene rings is 9. The van der Waals surface area contributed by atoms with Crippen molar-refractivity contribution >= 4 is 38.9 Å². The molecule has 0 radical (unpaired) electrons. The van der Waals surface area contributed by atoms with Crippen LogP contribution in [0.15, 0.2) is 206 Å². The number of hydrogen-bond acceptors (Lipinski definition) is 1. The average molecular weight is 795 g/mol. The fourth-order valence-corrected chi connectivity index (χ4v) is 11.0. The Morgan fingerprint density at radius 2 is 0.887 bits per heavy atom. The lowest BCUT2D eigenvalue weighted by Crippen LogP contribution is -2.21. The summed E-state index contributed by atoms with van der Waals surface area (Å²) in [6.07, 6.45) is 0. The Hall–Kier alpha value is -7.42. The molecule has 2 aliphatic carbocycles. The minimum absolute atomic E-state index is 0.135. The molecule has 2 heteroatoms. The predicted molar refractivity (Wildman–Crippen MR) is 261 cm³/mol. The Labute approximate surface area is 364 Å². The number of rotatable bonds is 6. The molecule has 10 aromatic rings. The van der Waals surface area contributed by atoms with Gasteiger partial charge in [0.05, 0.1) is 22.4 Å². The molecule has 0 saturated heterocycles. The Balaban J connectivity index is 1.12. The smallest absolute Gasteiger partial charge is 0.0543 e. The Kier molecular flexibility index (Phi) is 7.96. The highest BCUT2D eigenvalue weighted by Gasteiger charge is 2.41. The minimum atomic E-state index is -0.215. The van der Waals surface area contributed by atoms with Crippen LogP contribution in [0.4, 0.5) is 17.1 Å². The number of nitrogens with zero attached hydrogens (tertiary/aromatic N) is 2. The molecule has 12 rings (SSSR count). The van der Waals surface area contributed by atoms with Gasteiger partial charge in [-0.1, -0.05) is 179 Å². The molecule has 2 nitrogen and oxygen atoms in total. The Morgan fingerprint density at radius 3 is 1.55 bits per heavy atom. The molecule has 296 valence electrons. The van der Waals surface area contributed by atoms with Gasteiger partial charge in [-0.25, -0.2) is 0 Å². The van der Waals surface area contributed by atoms with Crippen molar-refractivity contribution in [3.05, 3.63) is 229 Å². The second kappa shape index (κ2) is 13.5. The third-order valence-electron chi connectivity index (χ3n) is 14.0. The van der Waals surface area contributed by atoms with E-state index in [1.807, 2.05) is 0 Å². The summed E-state index contributed by atoms with van der Waals surface area (Å²) < 4.78 is 2.47. The first-order valence-corrected chi connectivity index (χ1v) is 21.9. The predicted octanol–water partition coefficient (Wildman–Crippen LogP) is 16.2.